The minimum Gasteiger partial charge on any atom is -0.492 e. The molecule has 0 aromatic carbocycles. The third-order valence-electron chi connectivity index (χ3n) is 4.29. The molecular weight excluding hydrogens is 322 g/mol. The van der Waals surface area contributed by atoms with Gasteiger partial charge in [0.25, 0.3) is 0 Å². The second-order valence-corrected chi connectivity index (χ2v) is 6.96. The summed E-state index contributed by atoms with van der Waals surface area (Å²) in [5, 5.41) is 1.05. The van der Waals surface area contributed by atoms with Crippen LogP contribution in [-0.4, -0.2) is 33.9 Å². The van der Waals surface area contributed by atoms with Crippen molar-refractivity contribution < 1.29 is 9.47 Å². The van der Waals surface area contributed by atoms with Gasteiger partial charge < -0.3 is 14.0 Å². The number of imidazole rings is 1. The highest BCUT2D eigenvalue weighted by Crippen LogP contribution is 2.26. The minimum absolute atomic E-state index is 0.320. The summed E-state index contributed by atoms with van der Waals surface area (Å²) in [5.41, 5.74) is 3.35. The molecule has 1 atom stereocenters. The number of aryl methyl sites for hydroxylation is 1. The highest BCUT2D eigenvalue weighted by Gasteiger charge is 2.20. The lowest BCUT2D eigenvalue weighted by molar-refractivity contribution is 0.0945. The SMILES string of the molecule is CCOc1ccc(CSc2nc(C)c(C)n2C[C@H]2CCCO2)nc1. The summed E-state index contributed by atoms with van der Waals surface area (Å²) in [5.74, 6) is 1.62. The smallest absolute Gasteiger partial charge is 0.168 e. The number of rotatable bonds is 7. The molecule has 2 aromatic rings. The van der Waals surface area contributed by atoms with Crippen LogP contribution in [0.15, 0.2) is 23.5 Å². The van der Waals surface area contributed by atoms with E-state index in [0.717, 1.165) is 54.0 Å². The highest BCUT2D eigenvalue weighted by molar-refractivity contribution is 7.98. The van der Waals surface area contributed by atoms with Gasteiger partial charge >= 0.3 is 0 Å². The van der Waals surface area contributed by atoms with Crippen LogP contribution in [0.3, 0.4) is 0 Å². The van der Waals surface area contributed by atoms with Crippen molar-refractivity contribution in [2.75, 3.05) is 13.2 Å². The first kappa shape index (κ1) is 17.3. The maximum Gasteiger partial charge on any atom is 0.168 e. The normalized spacial score (nSPS) is 17.4. The Balaban J connectivity index is 1.66. The number of pyridine rings is 1. The van der Waals surface area contributed by atoms with Crippen molar-refractivity contribution >= 4 is 11.8 Å². The Morgan fingerprint density at radius 1 is 1.38 bits per heavy atom. The Labute approximate surface area is 147 Å². The van der Waals surface area contributed by atoms with Crippen molar-refractivity contribution in [3.05, 3.63) is 35.4 Å². The standard InChI is InChI=1S/C18H25N3O2S/c1-4-22-16-8-7-15(19-10-16)12-24-18-20-13(2)14(3)21(18)11-17-6-5-9-23-17/h7-8,10,17H,4-6,9,11-12H2,1-3H3/t17-/m1/s1. The van der Waals surface area contributed by atoms with E-state index in [1.807, 2.05) is 19.1 Å². The lowest BCUT2D eigenvalue weighted by atomic mass is 10.2. The fourth-order valence-electron chi connectivity index (χ4n) is 2.83. The molecular formula is C18H25N3O2S. The van der Waals surface area contributed by atoms with Crippen LogP contribution in [0.1, 0.15) is 36.8 Å². The summed E-state index contributed by atoms with van der Waals surface area (Å²) in [7, 11) is 0. The van der Waals surface area contributed by atoms with E-state index in [0.29, 0.717) is 12.7 Å². The molecule has 130 valence electrons. The van der Waals surface area contributed by atoms with Gasteiger partial charge in [0.2, 0.25) is 0 Å². The zero-order valence-corrected chi connectivity index (χ0v) is 15.4. The van der Waals surface area contributed by atoms with Crippen LogP contribution in [0, 0.1) is 13.8 Å². The molecule has 0 radical (unpaired) electrons. The number of ether oxygens (including phenoxy) is 2. The maximum absolute atomic E-state index is 5.79. The van der Waals surface area contributed by atoms with Crippen LogP contribution in [0.2, 0.25) is 0 Å². The molecule has 1 saturated heterocycles. The van der Waals surface area contributed by atoms with Gasteiger partial charge in [-0.15, -0.1) is 0 Å². The fourth-order valence-corrected chi connectivity index (χ4v) is 3.84. The van der Waals surface area contributed by atoms with E-state index in [9.17, 15) is 0 Å². The van der Waals surface area contributed by atoms with Gasteiger partial charge in [0.1, 0.15) is 5.75 Å². The number of thioether (sulfide) groups is 1. The van der Waals surface area contributed by atoms with E-state index < -0.39 is 0 Å². The molecule has 3 rings (SSSR count). The molecule has 0 aliphatic carbocycles. The topological polar surface area (TPSA) is 49.2 Å². The van der Waals surface area contributed by atoms with E-state index >= 15 is 0 Å². The van der Waals surface area contributed by atoms with Crippen molar-refractivity contribution in [1.82, 2.24) is 14.5 Å². The summed E-state index contributed by atoms with van der Waals surface area (Å²) in [6, 6.07) is 3.99. The van der Waals surface area contributed by atoms with Crippen molar-refractivity contribution in [2.24, 2.45) is 0 Å². The van der Waals surface area contributed by atoms with Crippen molar-refractivity contribution in [3.8, 4) is 5.75 Å². The number of nitrogens with zero attached hydrogens (tertiary/aromatic N) is 3. The molecule has 0 unspecified atom stereocenters. The average Bonchev–Trinajstić information content (AvgIpc) is 3.19. The molecule has 1 fully saturated rings. The second kappa shape index (κ2) is 8.03. The highest BCUT2D eigenvalue weighted by atomic mass is 32.2. The molecule has 0 N–H and O–H groups in total. The first-order valence-corrected chi connectivity index (χ1v) is 9.51. The zero-order chi connectivity index (χ0) is 16.9. The molecule has 2 aromatic heterocycles. The molecule has 0 amide bonds. The summed E-state index contributed by atoms with van der Waals surface area (Å²) in [6.07, 6.45) is 4.41. The van der Waals surface area contributed by atoms with Crippen LogP contribution in [-0.2, 0) is 17.0 Å². The number of hydrogen-bond donors (Lipinski definition) is 0. The van der Waals surface area contributed by atoms with Gasteiger partial charge in [0.15, 0.2) is 5.16 Å². The van der Waals surface area contributed by atoms with Gasteiger partial charge in [-0.3, -0.25) is 4.98 Å². The number of hydrogen-bond acceptors (Lipinski definition) is 5. The van der Waals surface area contributed by atoms with Gasteiger partial charge in [-0.05, 0) is 45.7 Å². The molecule has 24 heavy (non-hydrogen) atoms. The van der Waals surface area contributed by atoms with E-state index in [1.54, 1.807) is 18.0 Å². The van der Waals surface area contributed by atoms with E-state index in [1.165, 1.54) is 5.69 Å². The van der Waals surface area contributed by atoms with Gasteiger partial charge in [0.05, 0.1) is 36.8 Å². The lowest BCUT2D eigenvalue weighted by Crippen LogP contribution is -2.16. The van der Waals surface area contributed by atoms with Crippen LogP contribution >= 0.6 is 11.8 Å². The van der Waals surface area contributed by atoms with Crippen LogP contribution in [0.4, 0.5) is 0 Å². The first-order chi connectivity index (χ1) is 11.7. The third-order valence-corrected chi connectivity index (χ3v) is 5.30. The van der Waals surface area contributed by atoms with Crippen molar-refractivity contribution in [3.63, 3.8) is 0 Å². The molecule has 3 heterocycles. The quantitative estimate of drug-likeness (QED) is 0.714. The van der Waals surface area contributed by atoms with Crippen LogP contribution in [0.5, 0.6) is 5.75 Å². The molecule has 0 spiro atoms. The summed E-state index contributed by atoms with van der Waals surface area (Å²) >= 11 is 1.73. The molecule has 1 aliphatic rings. The van der Waals surface area contributed by atoms with Gasteiger partial charge in [-0.2, -0.15) is 0 Å². The predicted molar refractivity (Wildman–Crippen MR) is 95.6 cm³/mol. The van der Waals surface area contributed by atoms with E-state index in [4.69, 9.17) is 14.5 Å². The Morgan fingerprint density at radius 3 is 2.92 bits per heavy atom. The lowest BCUT2D eigenvalue weighted by Gasteiger charge is -2.14. The van der Waals surface area contributed by atoms with Crippen LogP contribution in [0.25, 0.3) is 0 Å². The molecule has 0 bridgehead atoms. The van der Waals surface area contributed by atoms with Crippen molar-refractivity contribution in [1.29, 1.82) is 0 Å². The summed E-state index contributed by atoms with van der Waals surface area (Å²) in [4.78, 5) is 9.20. The Bertz CT molecular complexity index is 664. The fraction of sp³-hybridized carbons (Fsp3) is 0.556. The largest absolute Gasteiger partial charge is 0.492 e. The Hall–Kier alpha value is -1.53. The maximum atomic E-state index is 5.79. The molecule has 1 aliphatic heterocycles. The number of aromatic nitrogens is 3. The Morgan fingerprint density at radius 2 is 2.25 bits per heavy atom. The third kappa shape index (κ3) is 4.11. The molecule has 5 nitrogen and oxygen atoms in total. The second-order valence-electron chi connectivity index (χ2n) is 6.02. The molecule has 0 saturated carbocycles. The molecule has 6 heteroatoms. The summed E-state index contributed by atoms with van der Waals surface area (Å²) in [6.45, 7) is 8.62. The minimum atomic E-state index is 0.320. The van der Waals surface area contributed by atoms with E-state index in [-0.39, 0.29) is 0 Å². The van der Waals surface area contributed by atoms with Gasteiger partial charge in [-0.1, -0.05) is 11.8 Å². The first-order valence-electron chi connectivity index (χ1n) is 8.53. The predicted octanol–water partition coefficient (Wildman–Crippen LogP) is 3.76. The van der Waals surface area contributed by atoms with Gasteiger partial charge in [-0.25, -0.2) is 4.98 Å². The monoisotopic (exact) mass is 347 g/mol. The van der Waals surface area contributed by atoms with Crippen LogP contribution < -0.4 is 4.74 Å². The van der Waals surface area contributed by atoms with Gasteiger partial charge in [0, 0.05) is 18.1 Å². The summed E-state index contributed by atoms with van der Waals surface area (Å²) < 4.78 is 13.5. The van der Waals surface area contributed by atoms with E-state index in [2.05, 4.69) is 23.4 Å². The van der Waals surface area contributed by atoms with Crippen molar-refractivity contribution in [2.45, 2.75) is 57.2 Å². The Kier molecular flexibility index (Phi) is 5.79. The average molecular weight is 347 g/mol. The zero-order valence-electron chi connectivity index (χ0n) is 14.6.